The fourth-order valence-corrected chi connectivity index (χ4v) is 1.34. The minimum absolute atomic E-state index is 0.0193. The van der Waals surface area contributed by atoms with Crippen LogP contribution in [0.2, 0.25) is 10.0 Å². The van der Waals surface area contributed by atoms with Crippen molar-refractivity contribution in [2.75, 3.05) is 0 Å². The summed E-state index contributed by atoms with van der Waals surface area (Å²) in [6, 6.07) is 0. The summed E-state index contributed by atoms with van der Waals surface area (Å²) in [7, 11) is 0. The number of halogens is 2. The number of ketones is 2. The van der Waals surface area contributed by atoms with Crippen molar-refractivity contribution in [3.8, 4) is 0 Å². The first-order valence-corrected chi connectivity index (χ1v) is 4.14. The highest BCUT2D eigenvalue weighted by Crippen LogP contribution is 2.23. The summed E-state index contributed by atoms with van der Waals surface area (Å²) in [5.74, 6) is -1.30. The summed E-state index contributed by atoms with van der Waals surface area (Å²) in [6.45, 7) is 1.16. The van der Waals surface area contributed by atoms with Crippen molar-refractivity contribution in [3.63, 3.8) is 0 Å². The van der Waals surface area contributed by atoms with Crippen LogP contribution in [-0.2, 0) is 4.79 Å². The number of Topliss-reactive ketones (excluding diaryl/α,β-unsaturated/α-hetero) is 2. The van der Waals surface area contributed by atoms with E-state index < -0.39 is 11.6 Å². The van der Waals surface area contributed by atoms with Gasteiger partial charge in [-0.05, 0) is 0 Å². The largest absolute Gasteiger partial charge is 0.291 e. The number of aromatic nitrogens is 1. The molecule has 0 spiro atoms. The van der Waals surface area contributed by atoms with Gasteiger partial charge in [0.15, 0.2) is 5.78 Å². The summed E-state index contributed by atoms with van der Waals surface area (Å²) >= 11 is 11.3. The molecule has 0 amide bonds. The number of pyridine rings is 1. The van der Waals surface area contributed by atoms with E-state index in [9.17, 15) is 9.59 Å². The van der Waals surface area contributed by atoms with E-state index in [0.717, 1.165) is 6.92 Å². The molecule has 5 heteroatoms. The minimum atomic E-state index is -0.697. The molecule has 0 atom stereocenters. The van der Waals surface area contributed by atoms with Crippen LogP contribution in [0.15, 0.2) is 12.4 Å². The zero-order chi connectivity index (χ0) is 10.0. The molecule has 68 valence electrons. The first-order chi connectivity index (χ1) is 6.04. The molecule has 0 aliphatic rings. The van der Waals surface area contributed by atoms with Gasteiger partial charge in [-0.1, -0.05) is 23.2 Å². The predicted molar refractivity (Wildman–Crippen MR) is 49.3 cm³/mol. The van der Waals surface area contributed by atoms with Crippen molar-refractivity contribution < 1.29 is 9.59 Å². The molecular formula is C8H5Cl2NO2. The molecule has 1 aromatic heterocycles. The fourth-order valence-electron chi connectivity index (χ4n) is 0.804. The van der Waals surface area contributed by atoms with Gasteiger partial charge in [0, 0.05) is 19.3 Å². The van der Waals surface area contributed by atoms with Gasteiger partial charge in [-0.25, -0.2) is 0 Å². The second-order valence-corrected chi connectivity index (χ2v) is 3.18. The molecule has 0 N–H and O–H groups in total. The lowest BCUT2D eigenvalue weighted by atomic mass is 10.1. The van der Waals surface area contributed by atoms with E-state index in [1.165, 1.54) is 12.4 Å². The van der Waals surface area contributed by atoms with Gasteiger partial charge >= 0.3 is 0 Å². The first kappa shape index (κ1) is 10.2. The van der Waals surface area contributed by atoms with Crippen LogP contribution >= 0.6 is 23.2 Å². The van der Waals surface area contributed by atoms with Crippen LogP contribution in [0.4, 0.5) is 0 Å². The van der Waals surface area contributed by atoms with Gasteiger partial charge in [-0.15, -0.1) is 0 Å². The summed E-state index contributed by atoms with van der Waals surface area (Å²) in [5, 5.41) is 0.181. The molecule has 1 rings (SSSR count). The predicted octanol–water partition coefficient (Wildman–Crippen LogP) is 2.16. The second kappa shape index (κ2) is 3.85. The Bertz CT molecular complexity index is 356. The molecule has 0 aliphatic heterocycles. The zero-order valence-corrected chi connectivity index (χ0v) is 8.19. The summed E-state index contributed by atoms with van der Waals surface area (Å²) < 4.78 is 0. The Balaban J connectivity index is 3.28. The first-order valence-electron chi connectivity index (χ1n) is 3.38. The van der Waals surface area contributed by atoms with Crippen LogP contribution in [0.3, 0.4) is 0 Å². The molecule has 0 aromatic carbocycles. The third kappa shape index (κ3) is 2.05. The van der Waals surface area contributed by atoms with Crippen LogP contribution in [0.5, 0.6) is 0 Å². The van der Waals surface area contributed by atoms with Gasteiger partial charge in [-0.3, -0.25) is 14.6 Å². The Morgan fingerprint density at radius 1 is 1.23 bits per heavy atom. The molecule has 0 fully saturated rings. The van der Waals surface area contributed by atoms with Crippen LogP contribution in [0.25, 0.3) is 0 Å². The standard InChI is InChI=1S/C8H5Cl2NO2/c1-4(12)8(13)7-5(9)2-11-3-6(7)10/h2-3H,1H3. The highest BCUT2D eigenvalue weighted by atomic mass is 35.5. The van der Waals surface area contributed by atoms with Crippen molar-refractivity contribution in [3.05, 3.63) is 28.0 Å². The number of rotatable bonds is 2. The smallest absolute Gasteiger partial charge is 0.231 e. The molecule has 1 aromatic rings. The van der Waals surface area contributed by atoms with Crippen LogP contribution in [0, 0.1) is 0 Å². The average molecular weight is 218 g/mol. The van der Waals surface area contributed by atoms with Gasteiger partial charge in [0.25, 0.3) is 0 Å². The molecule has 0 bridgehead atoms. The van der Waals surface area contributed by atoms with E-state index in [0.29, 0.717) is 0 Å². The number of carbonyl (C=O) groups excluding carboxylic acids is 2. The van der Waals surface area contributed by atoms with Crippen molar-refractivity contribution in [1.82, 2.24) is 4.98 Å². The maximum Gasteiger partial charge on any atom is 0.231 e. The maximum atomic E-state index is 11.2. The number of hydrogen-bond donors (Lipinski definition) is 0. The third-order valence-corrected chi connectivity index (χ3v) is 1.97. The molecule has 1 heterocycles. The number of carbonyl (C=O) groups is 2. The number of hydrogen-bond acceptors (Lipinski definition) is 3. The monoisotopic (exact) mass is 217 g/mol. The molecule has 0 saturated heterocycles. The summed E-state index contributed by atoms with van der Waals surface area (Å²) in [5.41, 5.74) is 0.0193. The molecule has 0 saturated carbocycles. The Morgan fingerprint density at radius 3 is 2.08 bits per heavy atom. The van der Waals surface area contributed by atoms with E-state index in [2.05, 4.69) is 4.98 Å². The highest BCUT2D eigenvalue weighted by Gasteiger charge is 2.18. The van der Waals surface area contributed by atoms with E-state index in [4.69, 9.17) is 23.2 Å². The minimum Gasteiger partial charge on any atom is -0.291 e. The van der Waals surface area contributed by atoms with Gasteiger partial charge in [-0.2, -0.15) is 0 Å². The molecule has 3 nitrogen and oxygen atoms in total. The molecule has 13 heavy (non-hydrogen) atoms. The Morgan fingerprint density at radius 2 is 1.69 bits per heavy atom. The SMILES string of the molecule is CC(=O)C(=O)c1c(Cl)cncc1Cl. The van der Waals surface area contributed by atoms with Crippen LogP contribution in [0.1, 0.15) is 17.3 Å². The average Bonchev–Trinajstić information content (AvgIpc) is 2.03. The molecular weight excluding hydrogens is 213 g/mol. The third-order valence-electron chi connectivity index (χ3n) is 1.40. The van der Waals surface area contributed by atoms with Crippen molar-refractivity contribution in [2.24, 2.45) is 0 Å². The summed E-state index contributed by atoms with van der Waals surface area (Å²) in [6.07, 6.45) is 2.53. The van der Waals surface area contributed by atoms with Crippen molar-refractivity contribution in [1.29, 1.82) is 0 Å². The lowest BCUT2D eigenvalue weighted by Crippen LogP contribution is -2.11. The maximum absolute atomic E-state index is 11.2. The van der Waals surface area contributed by atoms with Gasteiger partial charge in [0.05, 0.1) is 15.6 Å². The quantitative estimate of drug-likeness (QED) is 0.564. The molecule has 0 unspecified atom stereocenters. The fraction of sp³-hybridized carbons (Fsp3) is 0.125. The van der Waals surface area contributed by atoms with Gasteiger partial charge < -0.3 is 0 Å². The normalized spacial score (nSPS) is 9.77. The Hall–Kier alpha value is -0.930. The lowest BCUT2D eigenvalue weighted by molar-refractivity contribution is -0.113. The zero-order valence-electron chi connectivity index (χ0n) is 6.67. The molecule has 0 aliphatic carbocycles. The Kier molecular flexibility index (Phi) is 3.01. The van der Waals surface area contributed by atoms with E-state index in [1.54, 1.807) is 0 Å². The summed E-state index contributed by atoms with van der Waals surface area (Å²) in [4.78, 5) is 25.7. The van der Waals surface area contributed by atoms with E-state index >= 15 is 0 Å². The topological polar surface area (TPSA) is 47.0 Å². The van der Waals surface area contributed by atoms with E-state index in [1.807, 2.05) is 0 Å². The van der Waals surface area contributed by atoms with Crippen molar-refractivity contribution in [2.45, 2.75) is 6.92 Å². The van der Waals surface area contributed by atoms with E-state index in [-0.39, 0.29) is 15.6 Å². The van der Waals surface area contributed by atoms with Gasteiger partial charge in [0.2, 0.25) is 5.78 Å². The van der Waals surface area contributed by atoms with Crippen LogP contribution < -0.4 is 0 Å². The van der Waals surface area contributed by atoms with Gasteiger partial charge in [0.1, 0.15) is 0 Å². The lowest BCUT2D eigenvalue weighted by Gasteiger charge is -2.01. The highest BCUT2D eigenvalue weighted by molar-refractivity contribution is 6.50. The van der Waals surface area contributed by atoms with Crippen molar-refractivity contribution >= 4 is 34.8 Å². The van der Waals surface area contributed by atoms with Crippen LogP contribution in [-0.4, -0.2) is 16.6 Å². The second-order valence-electron chi connectivity index (χ2n) is 2.36. The Labute approximate surface area is 84.7 Å². The molecule has 0 radical (unpaired) electrons. The number of nitrogens with zero attached hydrogens (tertiary/aromatic N) is 1.